The van der Waals surface area contributed by atoms with Gasteiger partial charge in [0, 0.05) is 12.1 Å². The number of amides is 1. The van der Waals surface area contributed by atoms with Crippen LogP contribution in [0.1, 0.15) is 45.4 Å². The molecule has 1 amide bonds. The number of hydrogen-bond acceptors (Lipinski definition) is 2. The third kappa shape index (κ3) is 2.01. The lowest BCUT2D eigenvalue weighted by molar-refractivity contribution is -0.131. The molecule has 5 aliphatic rings. The Bertz CT molecular complexity index is 357. The molecule has 2 atom stereocenters. The van der Waals surface area contributed by atoms with Gasteiger partial charge in [-0.15, -0.1) is 0 Å². The fourth-order valence-corrected chi connectivity index (χ4v) is 5.78. The summed E-state index contributed by atoms with van der Waals surface area (Å²) in [5.41, 5.74) is 0.189. The fraction of sp³-hybridized carbons (Fsp3) is 0.938. The van der Waals surface area contributed by atoms with Gasteiger partial charge in [0.05, 0.1) is 5.92 Å². The number of carbonyl (C=O) groups is 1. The van der Waals surface area contributed by atoms with E-state index in [1.807, 2.05) is 0 Å². The van der Waals surface area contributed by atoms with Gasteiger partial charge in [-0.3, -0.25) is 4.79 Å². The maximum atomic E-state index is 12.6. The average Bonchev–Trinajstić information content (AvgIpc) is 2.72. The molecule has 4 saturated carbocycles. The monoisotopic (exact) mass is 262 g/mol. The Morgan fingerprint density at radius 2 is 1.63 bits per heavy atom. The van der Waals surface area contributed by atoms with Crippen LogP contribution in [0.15, 0.2) is 0 Å². The summed E-state index contributed by atoms with van der Waals surface area (Å²) in [6.07, 6.45) is 8.11. The summed E-state index contributed by atoms with van der Waals surface area (Å²) in [4.78, 5) is 12.6. The van der Waals surface area contributed by atoms with Crippen LogP contribution in [0, 0.1) is 29.6 Å². The van der Waals surface area contributed by atoms with Gasteiger partial charge < -0.3 is 10.6 Å². The zero-order chi connectivity index (χ0) is 13.0. The van der Waals surface area contributed by atoms with E-state index in [2.05, 4.69) is 17.6 Å². The summed E-state index contributed by atoms with van der Waals surface area (Å²) < 4.78 is 0. The van der Waals surface area contributed by atoms with Crippen molar-refractivity contribution in [2.24, 2.45) is 29.6 Å². The second kappa shape index (κ2) is 4.21. The van der Waals surface area contributed by atoms with Crippen molar-refractivity contribution in [3.8, 4) is 0 Å². The van der Waals surface area contributed by atoms with Crippen LogP contribution in [-0.2, 0) is 4.79 Å². The molecule has 3 heteroatoms. The van der Waals surface area contributed by atoms with E-state index >= 15 is 0 Å². The largest absolute Gasteiger partial charge is 0.350 e. The maximum absolute atomic E-state index is 12.6. The lowest BCUT2D eigenvalue weighted by atomic mass is 9.53. The maximum Gasteiger partial charge on any atom is 0.225 e. The molecule has 2 N–H and O–H groups in total. The summed E-state index contributed by atoms with van der Waals surface area (Å²) in [6, 6.07) is 0. The second-order valence-corrected chi connectivity index (χ2v) is 7.93. The van der Waals surface area contributed by atoms with Crippen molar-refractivity contribution in [3.05, 3.63) is 0 Å². The minimum Gasteiger partial charge on any atom is -0.350 e. The molecule has 0 spiro atoms. The molecule has 4 bridgehead atoms. The van der Waals surface area contributed by atoms with Gasteiger partial charge in [-0.05, 0) is 68.7 Å². The van der Waals surface area contributed by atoms with Gasteiger partial charge in [-0.1, -0.05) is 6.92 Å². The van der Waals surface area contributed by atoms with Crippen LogP contribution < -0.4 is 10.6 Å². The smallest absolute Gasteiger partial charge is 0.225 e. The molecule has 1 saturated heterocycles. The lowest BCUT2D eigenvalue weighted by Gasteiger charge is -2.57. The van der Waals surface area contributed by atoms with Gasteiger partial charge in [-0.2, -0.15) is 0 Å². The van der Waals surface area contributed by atoms with E-state index in [-0.39, 0.29) is 11.5 Å². The molecular formula is C16H26N2O. The van der Waals surface area contributed by atoms with Crippen LogP contribution in [0.25, 0.3) is 0 Å². The average molecular weight is 262 g/mol. The minimum atomic E-state index is 0.189. The predicted octanol–water partition coefficient (Wildman–Crippen LogP) is 1.93. The van der Waals surface area contributed by atoms with E-state index in [4.69, 9.17) is 0 Å². The Morgan fingerprint density at radius 3 is 2.11 bits per heavy atom. The first-order valence-electron chi connectivity index (χ1n) is 8.16. The van der Waals surface area contributed by atoms with Crippen molar-refractivity contribution in [1.82, 2.24) is 10.6 Å². The molecule has 1 aliphatic heterocycles. The van der Waals surface area contributed by atoms with Crippen molar-refractivity contribution in [2.75, 3.05) is 13.1 Å². The van der Waals surface area contributed by atoms with Crippen LogP contribution in [-0.4, -0.2) is 24.5 Å². The first kappa shape index (κ1) is 12.2. The highest BCUT2D eigenvalue weighted by Crippen LogP contribution is 2.55. The molecule has 5 rings (SSSR count). The predicted molar refractivity (Wildman–Crippen MR) is 74.6 cm³/mol. The van der Waals surface area contributed by atoms with E-state index in [9.17, 15) is 4.79 Å². The number of carbonyl (C=O) groups excluding carboxylic acids is 1. The normalized spacial score (nSPS) is 51.5. The summed E-state index contributed by atoms with van der Waals surface area (Å²) >= 11 is 0. The molecule has 1 heterocycles. The van der Waals surface area contributed by atoms with Crippen molar-refractivity contribution in [1.29, 1.82) is 0 Å². The highest BCUT2D eigenvalue weighted by molar-refractivity contribution is 5.80. The Hall–Kier alpha value is -0.570. The van der Waals surface area contributed by atoms with Crippen LogP contribution in [0.5, 0.6) is 0 Å². The standard InChI is InChI=1S/C16H26N2O/c1-10-8-17-9-14(10)15(19)18-16-5-11-2-12(6-16)4-13(3-11)7-16/h10-14,17H,2-9H2,1H3,(H,18,19). The molecule has 0 aromatic rings. The van der Waals surface area contributed by atoms with E-state index < -0.39 is 0 Å². The van der Waals surface area contributed by atoms with Crippen molar-refractivity contribution in [3.63, 3.8) is 0 Å². The van der Waals surface area contributed by atoms with Crippen molar-refractivity contribution < 1.29 is 4.79 Å². The minimum absolute atomic E-state index is 0.189. The van der Waals surface area contributed by atoms with Crippen LogP contribution in [0.3, 0.4) is 0 Å². The number of nitrogens with one attached hydrogen (secondary N) is 2. The van der Waals surface area contributed by atoms with Gasteiger partial charge in [-0.25, -0.2) is 0 Å². The van der Waals surface area contributed by atoms with Crippen molar-refractivity contribution in [2.45, 2.75) is 51.0 Å². The molecule has 4 aliphatic carbocycles. The fourth-order valence-electron chi connectivity index (χ4n) is 5.78. The van der Waals surface area contributed by atoms with Gasteiger partial charge in [0.1, 0.15) is 0 Å². The highest BCUT2D eigenvalue weighted by atomic mass is 16.2. The zero-order valence-corrected chi connectivity index (χ0v) is 12.0. The van der Waals surface area contributed by atoms with E-state index in [0.29, 0.717) is 11.8 Å². The third-order valence-electron chi connectivity index (χ3n) is 6.28. The zero-order valence-electron chi connectivity index (χ0n) is 12.0. The Balaban J connectivity index is 1.48. The molecule has 5 fully saturated rings. The van der Waals surface area contributed by atoms with Gasteiger partial charge >= 0.3 is 0 Å². The van der Waals surface area contributed by atoms with E-state index in [1.165, 1.54) is 38.5 Å². The molecule has 106 valence electrons. The molecule has 0 aromatic heterocycles. The topological polar surface area (TPSA) is 41.1 Å². The summed E-state index contributed by atoms with van der Waals surface area (Å²) in [5.74, 6) is 3.75. The Morgan fingerprint density at radius 1 is 1.05 bits per heavy atom. The Kier molecular flexibility index (Phi) is 2.70. The van der Waals surface area contributed by atoms with Crippen LogP contribution in [0.2, 0.25) is 0 Å². The van der Waals surface area contributed by atoms with Gasteiger partial charge in [0.15, 0.2) is 0 Å². The molecule has 3 nitrogen and oxygen atoms in total. The highest BCUT2D eigenvalue weighted by Gasteiger charge is 2.52. The van der Waals surface area contributed by atoms with E-state index in [0.717, 1.165) is 30.8 Å². The summed E-state index contributed by atoms with van der Waals surface area (Å²) in [5, 5.41) is 6.87. The number of hydrogen-bond donors (Lipinski definition) is 2. The van der Waals surface area contributed by atoms with Gasteiger partial charge in [0.2, 0.25) is 5.91 Å². The van der Waals surface area contributed by atoms with Crippen LogP contribution in [0.4, 0.5) is 0 Å². The first-order valence-corrected chi connectivity index (χ1v) is 8.16. The Labute approximate surface area is 115 Å². The molecular weight excluding hydrogens is 236 g/mol. The van der Waals surface area contributed by atoms with Gasteiger partial charge in [0.25, 0.3) is 0 Å². The molecule has 0 aromatic carbocycles. The summed E-state index contributed by atoms with van der Waals surface area (Å²) in [6.45, 7) is 4.07. The molecule has 2 unspecified atom stereocenters. The second-order valence-electron chi connectivity index (χ2n) is 7.93. The number of rotatable bonds is 2. The van der Waals surface area contributed by atoms with E-state index in [1.54, 1.807) is 0 Å². The van der Waals surface area contributed by atoms with Crippen molar-refractivity contribution >= 4 is 5.91 Å². The SMILES string of the molecule is CC1CNCC1C(=O)NC12CC3CC(CC(C3)C1)C2. The summed E-state index contributed by atoms with van der Waals surface area (Å²) in [7, 11) is 0. The van der Waals surface area contributed by atoms with Crippen LogP contribution >= 0.6 is 0 Å². The lowest BCUT2D eigenvalue weighted by Crippen LogP contribution is -2.61. The quantitative estimate of drug-likeness (QED) is 0.798. The third-order valence-corrected chi connectivity index (χ3v) is 6.28. The molecule has 0 radical (unpaired) electrons. The molecule has 19 heavy (non-hydrogen) atoms. The first-order chi connectivity index (χ1) is 9.13.